The molecule has 0 spiro atoms. The summed E-state index contributed by atoms with van der Waals surface area (Å²) >= 11 is 0. The maximum atomic E-state index is 13.8. The molecular formula is C29H42O7P-. The predicted octanol–water partition coefficient (Wildman–Crippen LogP) is 6.88. The molecule has 3 rings (SSSR count). The minimum atomic E-state index is -4.76. The average molecular weight is 534 g/mol. The Labute approximate surface area is 221 Å². The van der Waals surface area contributed by atoms with E-state index in [4.69, 9.17) is 13.8 Å². The van der Waals surface area contributed by atoms with Crippen molar-refractivity contribution in [2.75, 3.05) is 0 Å². The Morgan fingerprint density at radius 2 is 1.95 bits per heavy atom. The highest BCUT2D eigenvalue weighted by Gasteiger charge is 2.46. The van der Waals surface area contributed by atoms with Crippen molar-refractivity contribution in [1.29, 1.82) is 0 Å². The van der Waals surface area contributed by atoms with Gasteiger partial charge in [-0.3, -0.25) is 9.09 Å². The number of carbonyl (C=O) groups is 1. The quantitative estimate of drug-likeness (QED) is 0.151. The molecule has 3 atom stereocenters. The number of phosphoric acid groups is 1. The molecule has 1 unspecified atom stereocenters. The van der Waals surface area contributed by atoms with Crippen LogP contribution in [0.1, 0.15) is 103 Å². The molecule has 1 aromatic carbocycles. The van der Waals surface area contributed by atoms with Gasteiger partial charge < -0.3 is 19.3 Å². The van der Waals surface area contributed by atoms with E-state index in [1.54, 1.807) is 26.0 Å². The number of rotatable bonds is 10. The first-order valence-corrected chi connectivity index (χ1v) is 14.9. The molecule has 0 heterocycles. The van der Waals surface area contributed by atoms with Gasteiger partial charge in [0, 0.05) is 11.5 Å². The molecule has 0 bridgehead atoms. The smallest absolute Gasteiger partial charge is 0.344 e. The van der Waals surface area contributed by atoms with Gasteiger partial charge in [0.1, 0.15) is 11.5 Å². The van der Waals surface area contributed by atoms with Gasteiger partial charge in [0.15, 0.2) is 5.60 Å². The summed E-state index contributed by atoms with van der Waals surface area (Å²) in [5, 5.41) is 11.2. The molecule has 7 nitrogen and oxygen atoms in total. The number of allylic oxidation sites excluding steroid dienone is 3. The topological polar surface area (TPSA) is 105 Å². The molecule has 2 aliphatic rings. The number of aromatic hydroxyl groups is 1. The van der Waals surface area contributed by atoms with Gasteiger partial charge in [-0.25, -0.2) is 4.79 Å². The Morgan fingerprint density at radius 3 is 2.54 bits per heavy atom. The third kappa shape index (κ3) is 7.35. The summed E-state index contributed by atoms with van der Waals surface area (Å²) in [7, 11) is -4.76. The Balaban J connectivity index is 2.06. The lowest BCUT2D eigenvalue weighted by Crippen LogP contribution is -2.46. The number of esters is 1. The lowest BCUT2D eigenvalue weighted by molar-refractivity contribution is -0.242. The number of aryl methyl sites for hydroxylation is 1. The molecule has 206 valence electrons. The van der Waals surface area contributed by atoms with Crippen molar-refractivity contribution in [3.05, 3.63) is 47.1 Å². The van der Waals surface area contributed by atoms with E-state index in [0.29, 0.717) is 24.8 Å². The van der Waals surface area contributed by atoms with Crippen LogP contribution >= 0.6 is 7.82 Å². The SMILES string of the molecule is C=C(C)[C@@H]1CCC(C)=C[C@H]1c1c(O)cc(CCC)cc1OC(=O)C1(OP(=O)([O-])OC(C)C)CCCCC1. The second-order valence-electron chi connectivity index (χ2n) is 10.9. The average Bonchev–Trinajstić information content (AvgIpc) is 2.78. The van der Waals surface area contributed by atoms with Gasteiger partial charge in [-0.15, -0.1) is 0 Å². The molecule has 1 aromatic rings. The van der Waals surface area contributed by atoms with Gasteiger partial charge in [0.05, 0.1) is 6.10 Å². The van der Waals surface area contributed by atoms with Crippen LogP contribution < -0.4 is 9.63 Å². The van der Waals surface area contributed by atoms with Crippen LogP contribution in [0.5, 0.6) is 11.5 Å². The van der Waals surface area contributed by atoms with Gasteiger partial charge in [0.25, 0.3) is 7.82 Å². The molecule has 0 aromatic heterocycles. The molecule has 0 aliphatic heterocycles. The first kappa shape index (κ1) is 29.6. The normalized spacial score (nSPS) is 23.3. The zero-order valence-electron chi connectivity index (χ0n) is 22.9. The van der Waals surface area contributed by atoms with E-state index in [0.717, 1.165) is 36.8 Å². The standard InChI is InChI=1S/C29H43O7P/c1-7-11-22-17-25(30)27(24-16-21(6)12-13-23(24)19(2)3)26(18-22)34-28(31)29(14-9-8-10-15-29)36-37(32,33)35-20(4)5/h16-18,20,23-24,30H,2,7-15H2,1,3-6H3,(H,32,33)/p-1/t23-,24+/m0/s1. The number of phosphoric ester groups is 1. The molecular weight excluding hydrogens is 491 g/mol. The van der Waals surface area contributed by atoms with Crippen molar-refractivity contribution in [2.24, 2.45) is 5.92 Å². The molecule has 0 saturated heterocycles. The Hall–Kier alpha value is -1.92. The summed E-state index contributed by atoms with van der Waals surface area (Å²) in [5.41, 5.74) is 1.89. The number of phenolic OH excluding ortho intramolecular Hbond substituents is 1. The van der Waals surface area contributed by atoms with Crippen LogP contribution in [0.2, 0.25) is 0 Å². The van der Waals surface area contributed by atoms with Crippen LogP contribution in [0, 0.1) is 5.92 Å². The van der Waals surface area contributed by atoms with Crippen molar-refractivity contribution < 1.29 is 33.1 Å². The molecule has 0 radical (unpaired) electrons. The third-order valence-electron chi connectivity index (χ3n) is 7.29. The van der Waals surface area contributed by atoms with E-state index in [2.05, 4.69) is 19.6 Å². The van der Waals surface area contributed by atoms with E-state index >= 15 is 0 Å². The molecule has 2 aliphatic carbocycles. The Bertz CT molecular complexity index is 1070. The van der Waals surface area contributed by atoms with Gasteiger partial charge >= 0.3 is 5.97 Å². The summed E-state index contributed by atoms with van der Waals surface area (Å²) in [4.78, 5) is 26.4. The fraction of sp³-hybridized carbons (Fsp3) is 0.621. The fourth-order valence-corrected chi connectivity index (χ4v) is 6.81. The lowest BCUT2D eigenvalue weighted by atomic mass is 9.73. The summed E-state index contributed by atoms with van der Waals surface area (Å²) in [5.74, 6) is -0.608. The molecule has 8 heteroatoms. The van der Waals surface area contributed by atoms with Crippen LogP contribution in [-0.2, 0) is 24.8 Å². The van der Waals surface area contributed by atoms with Crippen molar-refractivity contribution in [2.45, 2.75) is 110 Å². The first-order valence-electron chi connectivity index (χ1n) is 13.5. The zero-order valence-corrected chi connectivity index (χ0v) is 23.8. The molecule has 1 N–H and O–H groups in total. The van der Waals surface area contributed by atoms with Gasteiger partial charge in [-0.05, 0) is 96.3 Å². The number of hydrogen-bond acceptors (Lipinski definition) is 7. The molecule has 37 heavy (non-hydrogen) atoms. The number of carbonyl (C=O) groups excluding carboxylic acids is 1. The van der Waals surface area contributed by atoms with E-state index in [1.807, 2.05) is 13.8 Å². The van der Waals surface area contributed by atoms with Gasteiger partial charge in [-0.1, -0.05) is 43.6 Å². The number of ether oxygens (including phenoxy) is 1. The van der Waals surface area contributed by atoms with E-state index < -0.39 is 25.5 Å². The molecule has 1 saturated carbocycles. The van der Waals surface area contributed by atoms with Crippen LogP contribution in [-0.4, -0.2) is 22.8 Å². The van der Waals surface area contributed by atoms with E-state index in [9.17, 15) is 19.4 Å². The third-order valence-corrected chi connectivity index (χ3v) is 8.55. The van der Waals surface area contributed by atoms with Crippen molar-refractivity contribution >= 4 is 13.8 Å². The number of benzene rings is 1. The lowest BCUT2D eigenvalue weighted by Gasteiger charge is -2.39. The highest BCUT2D eigenvalue weighted by Crippen LogP contribution is 2.51. The van der Waals surface area contributed by atoms with E-state index in [-0.39, 0.29) is 36.2 Å². The molecule has 0 amide bonds. The van der Waals surface area contributed by atoms with Crippen LogP contribution in [0.15, 0.2) is 35.9 Å². The largest absolute Gasteiger partial charge is 0.756 e. The highest BCUT2D eigenvalue weighted by atomic mass is 31.2. The zero-order chi connectivity index (χ0) is 27.4. The highest BCUT2D eigenvalue weighted by molar-refractivity contribution is 7.46. The van der Waals surface area contributed by atoms with Crippen LogP contribution in [0.3, 0.4) is 0 Å². The second kappa shape index (κ2) is 12.3. The fourth-order valence-electron chi connectivity index (χ4n) is 5.57. The Morgan fingerprint density at radius 1 is 1.27 bits per heavy atom. The second-order valence-corrected chi connectivity index (χ2v) is 12.2. The van der Waals surface area contributed by atoms with Crippen molar-refractivity contribution in [1.82, 2.24) is 0 Å². The number of hydrogen-bond donors (Lipinski definition) is 1. The minimum absolute atomic E-state index is 0.0622. The van der Waals surface area contributed by atoms with Gasteiger partial charge in [-0.2, -0.15) is 0 Å². The van der Waals surface area contributed by atoms with Crippen LogP contribution in [0.4, 0.5) is 0 Å². The summed E-state index contributed by atoms with van der Waals surface area (Å²) in [6.07, 6.45) is 7.42. The first-order chi connectivity index (χ1) is 17.4. The van der Waals surface area contributed by atoms with E-state index in [1.165, 1.54) is 5.57 Å². The maximum Gasteiger partial charge on any atom is 0.344 e. The summed E-state index contributed by atoms with van der Waals surface area (Å²) < 4.78 is 29.2. The predicted molar refractivity (Wildman–Crippen MR) is 143 cm³/mol. The Kier molecular flexibility index (Phi) is 9.85. The van der Waals surface area contributed by atoms with Crippen LogP contribution in [0.25, 0.3) is 0 Å². The van der Waals surface area contributed by atoms with Gasteiger partial charge in [0.2, 0.25) is 0 Å². The number of phenols is 1. The van der Waals surface area contributed by atoms with Crippen molar-refractivity contribution in [3.63, 3.8) is 0 Å². The summed E-state index contributed by atoms with van der Waals surface area (Å²) in [6.45, 7) is 13.4. The molecule has 1 fully saturated rings. The van der Waals surface area contributed by atoms with Crippen molar-refractivity contribution in [3.8, 4) is 11.5 Å². The minimum Gasteiger partial charge on any atom is -0.756 e. The summed E-state index contributed by atoms with van der Waals surface area (Å²) in [6, 6.07) is 3.53. The monoisotopic (exact) mass is 533 g/mol. The maximum absolute atomic E-state index is 13.8.